The second kappa shape index (κ2) is 14.3. The van der Waals surface area contributed by atoms with Crippen LogP contribution >= 0.6 is 11.8 Å². The molecule has 34 heavy (non-hydrogen) atoms. The van der Waals surface area contributed by atoms with Gasteiger partial charge in [0.1, 0.15) is 5.82 Å². The van der Waals surface area contributed by atoms with E-state index in [0.717, 1.165) is 53.6 Å². The molecule has 0 N–H and O–H groups in total. The number of rotatable bonds is 10. The van der Waals surface area contributed by atoms with Gasteiger partial charge in [-0.15, -0.1) is 5.73 Å². The largest absolute Gasteiger partial charge is 0.358 e. The van der Waals surface area contributed by atoms with Gasteiger partial charge in [-0.2, -0.15) is 11.8 Å². The summed E-state index contributed by atoms with van der Waals surface area (Å²) in [4.78, 5) is 14.2. The molecule has 180 valence electrons. The zero-order valence-electron chi connectivity index (χ0n) is 21.3. The molecule has 0 fully saturated rings. The molecule has 0 amide bonds. The first-order chi connectivity index (χ1) is 16.6. The topological polar surface area (TPSA) is 31.7 Å². The van der Waals surface area contributed by atoms with Crippen molar-refractivity contribution in [1.82, 2.24) is 9.88 Å². The minimum Gasteiger partial charge on any atom is -0.358 e. The number of aliphatic imine (C=N–C) groups is 1. The maximum Gasteiger partial charge on any atom is 0.143 e. The Morgan fingerprint density at radius 1 is 1.24 bits per heavy atom. The lowest BCUT2D eigenvalue weighted by molar-refractivity contribution is 0.407. The van der Waals surface area contributed by atoms with Crippen molar-refractivity contribution in [2.45, 2.75) is 40.5 Å². The van der Waals surface area contributed by atoms with E-state index < -0.39 is 0 Å². The summed E-state index contributed by atoms with van der Waals surface area (Å²) in [5.74, 6) is 2.06. The van der Waals surface area contributed by atoms with E-state index in [9.17, 15) is 0 Å². The number of benzene rings is 1. The molecule has 0 bridgehead atoms. The number of aromatic nitrogens is 1. The van der Waals surface area contributed by atoms with Gasteiger partial charge in [-0.25, -0.2) is 9.98 Å². The number of thioether (sulfide) groups is 1. The molecule has 0 spiro atoms. The van der Waals surface area contributed by atoms with Crippen molar-refractivity contribution in [2.75, 3.05) is 30.1 Å². The van der Waals surface area contributed by atoms with Gasteiger partial charge in [0.05, 0.1) is 18.1 Å². The number of hydrogen-bond donors (Lipinski definition) is 0. The fourth-order valence-electron chi connectivity index (χ4n) is 3.83. The number of nitrogens with zero attached hydrogens (tertiary/aromatic N) is 4. The van der Waals surface area contributed by atoms with Gasteiger partial charge in [0.2, 0.25) is 0 Å². The van der Waals surface area contributed by atoms with Crippen LogP contribution in [0.1, 0.15) is 50.8 Å². The van der Waals surface area contributed by atoms with Gasteiger partial charge < -0.3 is 9.80 Å². The molecule has 1 aliphatic rings. The lowest BCUT2D eigenvalue weighted by atomic mass is 9.97. The van der Waals surface area contributed by atoms with Crippen LogP contribution in [0, 0.1) is 0 Å². The average molecular weight is 475 g/mol. The summed E-state index contributed by atoms with van der Waals surface area (Å²) in [6.07, 6.45) is 12.1. The van der Waals surface area contributed by atoms with E-state index in [2.05, 4.69) is 72.5 Å². The lowest BCUT2D eigenvalue weighted by Crippen LogP contribution is -2.27. The van der Waals surface area contributed by atoms with E-state index >= 15 is 0 Å². The number of hydrogen-bond acceptors (Lipinski definition) is 5. The Labute approximate surface area is 210 Å². The van der Waals surface area contributed by atoms with Crippen LogP contribution in [0.4, 0.5) is 11.5 Å². The van der Waals surface area contributed by atoms with Crippen LogP contribution in [0.2, 0.25) is 0 Å². The Kier molecular flexibility index (Phi) is 11.5. The molecule has 5 heteroatoms. The summed E-state index contributed by atoms with van der Waals surface area (Å²) in [5.41, 5.74) is 9.04. The van der Waals surface area contributed by atoms with E-state index in [-0.39, 0.29) is 0 Å². The molecule has 2 heterocycles. The van der Waals surface area contributed by atoms with Crippen molar-refractivity contribution in [3.05, 3.63) is 90.6 Å². The molecule has 0 aliphatic carbocycles. The molecule has 0 atom stereocenters. The monoisotopic (exact) mass is 474 g/mol. The molecule has 2 aromatic rings. The zero-order chi connectivity index (χ0) is 24.9. The third kappa shape index (κ3) is 6.75. The maximum atomic E-state index is 5.04. The van der Waals surface area contributed by atoms with Crippen molar-refractivity contribution >= 4 is 34.6 Å². The Bertz CT molecular complexity index is 1060. The van der Waals surface area contributed by atoms with Crippen LogP contribution in [-0.4, -0.2) is 40.8 Å². The molecule has 1 aromatic heterocycles. The molecular weight excluding hydrogens is 436 g/mol. The van der Waals surface area contributed by atoms with Crippen molar-refractivity contribution in [2.24, 2.45) is 4.99 Å². The van der Waals surface area contributed by atoms with E-state index in [1.165, 1.54) is 17.7 Å². The summed E-state index contributed by atoms with van der Waals surface area (Å²) in [6.45, 7) is 17.9. The van der Waals surface area contributed by atoms with Gasteiger partial charge in [0.15, 0.2) is 0 Å². The van der Waals surface area contributed by atoms with Gasteiger partial charge in [-0.3, -0.25) is 0 Å². The van der Waals surface area contributed by atoms with Gasteiger partial charge >= 0.3 is 0 Å². The van der Waals surface area contributed by atoms with Gasteiger partial charge in [0.25, 0.3) is 0 Å². The molecule has 0 saturated carbocycles. The first kappa shape index (κ1) is 27.2. The second-order valence-corrected chi connectivity index (χ2v) is 8.60. The van der Waals surface area contributed by atoms with E-state index in [1.807, 2.05) is 56.9 Å². The van der Waals surface area contributed by atoms with Crippen LogP contribution < -0.4 is 4.90 Å². The highest BCUT2D eigenvalue weighted by Crippen LogP contribution is 2.31. The molecule has 0 unspecified atom stereocenters. The highest BCUT2D eigenvalue weighted by Gasteiger charge is 2.19. The highest BCUT2D eigenvalue weighted by atomic mass is 32.2. The Balaban J connectivity index is 0.00000199. The number of aryl methyl sites for hydroxylation is 1. The van der Waals surface area contributed by atoms with Gasteiger partial charge in [-0.05, 0) is 67.2 Å². The summed E-state index contributed by atoms with van der Waals surface area (Å²) < 4.78 is 0. The quantitative estimate of drug-likeness (QED) is 0.203. The highest BCUT2D eigenvalue weighted by molar-refractivity contribution is 7.98. The van der Waals surface area contributed by atoms with Crippen molar-refractivity contribution in [3.8, 4) is 0 Å². The van der Waals surface area contributed by atoms with Crippen LogP contribution in [0.3, 0.4) is 0 Å². The second-order valence-electron chi connectivity index (χ2n) is 7.61. The molecule has 0 radical (unpaired) electrons. The molecule has 1 aromatic carbocycles. The van der Waals surface area contributed by atoms with Crippen LogP contribution in [0.25, 0.3) is 5.57 Å². The third-order valence-electron chi connectivity index (χ3n) is 5.50. The summed E-state index contributed by atoms with van der Waals surface area (Å²) >= 11 is 1.89. The first-order valence-corrected chi connectivity index (χ1v) is 13.4. The minimum absolute atomic E-state index is 0.789. The fraction of sp³-hybridized carbons (Fsp3) is 0.345. The minimum atomic E-state index is 0.789. The summed E-state index contributed by atoms with van der Waals surface area (Å²) in [5, 5.41) is 0. The Morgan fingerprint density at radius 3 is 2.71 bits per heavy atom. The number of allylic oxidation sites excluding steroid dienone is 2. The maximum absolute atomic E-state index is 5.04. The van der Waals surface area contributed by atoms with Crippen molar-refractivity contribution in [1.29, 1.82) is 0 Å². The SMILES string of the molecule is C=C=C(C)c1c(CC)cccc1N=C(C=C)c1cccnc1N1C=CN(CCCSC)C1.CC. The Morgan fingerprint density at radius 2 is 2.03 bits per heavy atom. The Hall–Kier alpha value is -3.01. The van der Waals surface area contributed by atoms with Crippen LogP contribution in [-0.2, 0) is 6.42 Å². The molecule has 1 aliphatic heterocycles. The summed E-state index contributed by atoms with van der Waals surface area (Å²) in [7, 11) is 0. The molecule has 3 rings (SSSR count). The molecular formula is C29H38N4S. The van der Waals surface area contributed by atoms with E-state index in [1.54, 1.807) is 0 Å². The van der Waals surface area contributed by atoms with E-state index in [4.69, 9.17) is 9.98 Å². The standard InChI is InChI=1S/C27H32N4S.C2H6/c1-6-21(4)26-22(7-2)12-9-14-25(26)29-24(8-3)23-13-10-15-28-27(23)31-18-17-30(20-31)16-11-19-32-5;1-2/h8-10,12-15,17-18H,1,3,7,11,16,19-20H2,2,4-5H3;1-2H3. The van der Waals surface area contributed by atoms with E-state index in [0.29, 0.717) is 0 Å². The smallest absolute Gasteiger partial charge is 0.143 e. The van der Waals surface area contributed by atoms with Crippen molar-refractivity contribution < 1.29 is 0 Å². The number of pyridine rings is 1. The average Bonchev–Trinajstić information content (AvgIpc) is 3.36. The lowest BCUT2D eigenvalue weighted by Gasteiger charge is -2.22. The van der Waals surface area contributed by atoms with Gasteiger partial charge in [-0.1, -0.05) is 46.1 Å². The number of anilines is 1. The predicted octanol–water partition coefficient (Wildman–Crippen LogP) is 7.47. The predicted molar refractivity (Wildman–Crippen MR) is 152 cm³/mol. The van der Waals surface area contributed by atoms with Crippen molar-refractivity contribution in [3.63, 3.8) is 0 Å². The zero-order valence-corrected chi connectivity index (χ0v) is 22.2. The fourth-order valence-corrected chi connectivity index (χ4v) is 4.24. The molecule has 0 saturated heterocycles. The normalized spacial score (nSPS) is 12.8. The third-order valence-corrected chi connectivity index (χ3v) is 6.20. The first-order valence-electron chi connectivity index (χ1n) is 12.0. The molecule has 4 nitrogen and oxygen atoms in total. The van der Waals surface area contributed by atoms with Crippen LogP contribution in [0.5, 0.6) is 0 Å². The van der Waals surface area contributed by atoms with Crippen LogP contribution in [0.15, 0.2) is 78.9 Å². The van der Waals surface area contributed by atoms with Gasteiger partial charge in [0, 0.05) is 36.3 Å². The summed E-state index contributed by atoms with van der Waals surface area (Å²) in [6, 6.07) is 10.2.